The molecule has 6 heteroatoms. The van der Waals surface area contributed by atoms with Crippen molar-refractivity contribution in [1.29, 1.82) is 0 Å². The van der Waals surface area contributed by atoms with Crippen LogP contribution in [-0.4, -0.2) is 55.5 Å². The maximum atomic E-state index is 11.0. The number of nitrogens with one attached hydrogen (secondary N) is 2. The van der Waals surface area contributed by atoms with Crippen molar-refractivity contribution in [1.82, 2.24) is 15.5 Å². The summed E-state index contributed by atoms with van der Waals surface area (Å²) in [7, 11) is 0. The van der Waals surface area contributed by atoms with Gasteiger partial charge in [-0.05, 0) is 43.6 Å². The van der Waals surface area contributed by atoms with Crippen LogP contribution in [0.5, 0.6) is 0 Å². The van der Waals surface area contributed by atoms with Crippen molar-refractivity contribution in [3.8, 4) is 0 Å². The van der Waals surface area contributed by atoms with Crippen LogP contribution < -0.4 is 16.4 Å². The minimum absolute atomic E-state index is 0.247. The SMILES string of the molecule is CCNC(=NCC1CC1c1ccccc1)NC1CCN(CC(N)=O)CC1. The average Bonchev–Trinajstić information content (AvgIpc) is 3.41. The predicted molar refractivity (Wildman–Crippen MR) is 105 cm³/mol. The van der Waals surface area contributed by atoms with Crippen LogP contribution in [0.3, 0.4) is 0 Å². The molecule has 1 saturated carbocycles. The fourth-order valence-electron chi connectivity index (χ4n) is 3.74. The van der Waals surface area contributed by atoms with Gasteiger partial charge in [0, 0.05) is 32.2 Å². The Morgan fingerprint density at radius 2 is 2.00 bits per heavy atom. The Labute approximate surface area is 156 Å². The van der Waals surface area contributed by atoms with Crippen LogP contribution in [0.15, 0.2) is 35.3 Å². The zero-order chi connectivity index (χ0) is 18.4. The molecule has 0 bridgehead atoms. The van der Waals surface area contributed by atoms with Crippen molar-refractivity contribution in [3.63, 3.8) is 0 Å². The van der Waals surface area contributed by atoms with Gasteiger partial charge in [0.25, 0.3) is 0 Å². The number of amides is 1. The second kappa shape index (κ2) is 9.03. The van der Waals surface area contributed by atoms with E-state index < -0.39 is 0 Å². The predicted octanol–water partition coefficient (Wildman–Crippen LogP) is 1.29. The molecule has 2 atom stereocenters. The van der Waals surface area contributed by atoms with E-state index in [9.17, 15) is 4.79 Å². The van der Waals surface area contributed by atoms with Crippen molar-refractivity contribution in [2.45, 2.75) is 38.1 Å². The molecule has 2 unspecified atom stereocenters. The normalized spacial score (nSPS) is 24.3. The van der Waals surface area contributed by atoms with Crippen LogP contribution in [-0.2, 0) is 4.79 Å². The molecule has 3 rings (SSSR count). The first-order chi connectivity index (χ1) is 12.7. The quantitative estimate of drug-likeness (QED) is 0.507. The van der Waals surface area contributed by atoms with E-state index >= 15 is 0 Å². The second-order valence-electron chi connectivity index (χ2n) is 7.39. The minimum Gasteiger partial charge on any atom is -0.369 e. The van der Waals surface area contributed by atoms with Crippen molar-refractivity contribution in [2.24, 2.45) is 16.6 Å². The number of aliphatic imine (C=N–C) groups is 1. The Hall–Kier alpha value is -2.08. The highest BCUT2D eigenvalue weighted by Crippen LogP contribution is 2.47. The molecular weight excluding hydrogens is 326 g/mol. The molecule has 0 spiro atoms. The van der Waals surface area contributed by atoms with Gasteiger partial charge in [-0.15, -0.1) is 0 Å². The first-order valence-corrected chi connectivity index (χ1v) is 9.76. The van der Waals surface area contributed by atoms with E-state index in [1.165, 1.54) is 12.0 Å². The number of primary amides is 1. The van der Waals surface area contributed by atoms with Crippen LogP contribution in [0.1, 0.15) is 37.7 Å². The van der Waals surface area contributed by atoms with Gasteiger partial charge in [-0.3, -0.25) is 14.7 Å². The van der Waals surface area contributed by atoms with E-state index in [-0.39, 0.29) is 5.91 Å². The highest BCUT2D eigenvalue weighted by Gasteiger charge is 2.37. The number of piperidine rings is 1. The summed E-state index contributed by atoms with van der Waals surface area (Å²) in [4.78, 5) is 18.0. The van der Waals surface area contributed by atoms with Gasteiger partial charge in [0.2, 0.25) is 5.91 Å². The Bertz CT molecular complexity index is 610. The van der Waals surface area contributed by atoms with Gasteiger partial charge in [0.1, 0.15) is 0 Å². The molecule has 1 aliphatic carbocycles. The molecule has 1 aromatic carbocycles. The minimum atomic E-state index is -0.247. The lowest BCUT2D eigenvalue weighted by Gasteiger charge is -2.32. The van der Waals surface area contributed by atoms with E-state index in [4.69, 9.17) is 10.7 Å². The van der Waals surface area contributed by atoms with Crippen molar-refractivity contribution < 1.29 is 4.79 Å². The molecule has 26 heavy (non-hydrogen) atoms. The van der Waals surface area contributed by atoms with Crippen molar-refractivity contribution in [2.75, 3.05) is 32.7 Å². The molecule has 142 valence electrons. The molecule has 1 aliphatic heterocycles. The summed E-state index contributed by atoms with van der Waals surface area (Å²) in [6.45, 7) is 5.99. The van der Waals surface area contributed by atoms with Gasteiger partial charge in [-0.2, -0.15) is 0 Å². The molecule has 1 aromatic rings. The standard InChI is InChI=1S/C20H31N5O/c1-2-22-20(24-17-8-10-25(11-9-17)14-19(21)26)23-13-16-12-18(16)15-6-4-3-5-7-15/h3-7,16-18H,2,8-14H2,1H3,(H2,21,26)(H2,22,23,24). The smallest absolute Gasteiger partial charge is 0.231 e. The van der Waals surface area contributed by atoms with E-state index in [0.717, 1.165) is 45.0 Å². The zero-order valence-electron chi connectivity index (χ0n) is 15.7. The molecule has 1 amide bonds. The van der Waals surface area contributed by atoms with Gasteiger partial charge in [-0.1, -0.05) is 30.3 Å². The number of guanidine groups is 1. The number of carbonyl (C=O) groups is 1. The zero-order valence-corrected chi connectivity index (χ0v) is 15.7. The number of hydrogen-bond acceptors (Lipinski definition) is 3. The second-order valence-corrected chi connectivity index (χ2v) is 7.39. The first-order valence-electron chi connectivity index (χ1n) is 9.76. The molecule has 2 fully saturated rings. The summed E-state index contributed by atoms with van der Waals surface area (Å²) in [5.41, 5.74) is 6.72. The third-order valence-electron chi connectivity index (χ3n) is 5.29. The first kappa shape index (κ1) is 18.7. The molecule has 0 radical (unpaired) electrons. The lowest BCUT2D eigenvalue weighted by atomic mass is 10.1. The largest absolute Gasteiger partial charge is 0.369 e. The third kappa shape index (κ3) is 5.46. The third-order valence-corrected chi connectivity index (χ3v) is 5.29. The Kier molecular flexibility index (Phi) is 6.50. The summed E-state index contributed by atoms with van der Waals surface area (Å²) in [6, 6.07) is 11.1. The Balaban J connectivity index is 1.46. The molecule has 0 aromatic heterocycles. The molecule has 1 heterocycles. The van der Waals surface area contributed by atoms with E-state index in [0.29, 0.717) is 24.4 Å². The number of hydrogen-bond donors (Lipinski definition) is 3. The van der Waals surface area contributed by atoms with Crippen molar-refractivity contribution >= 4 is 11.9 Å². The molecule has 6 nitrogen and oxygen atoms in total. The lowest BCUT2D eigenvalue weighted by molar-refractivity contribution is -0.119. The molecule has 4 N–H and O–H groups in total. The van der Waals surface area contributed by atoms with E-state index in [2.05, 4.69) is 52.8 Å². The summed E-state index contributed by atoms with van der Waals surface area (Å²) in [5, 5.41) is 6.93. The summed E-state index contributed by atoms with van der Waals surface area (Å²) in [6.07, 6.45) is 3.25. The topological polar surface area (TPSA) is 82.8 Å². The van der Waals surface area contributed by atoms with Crippen molar-refractivity contribution in [3.05, 3.63) is 35.9 Å². The van der Waals surface area contributed by atoms with Crippen LogP contribution in [0, 0.1) is 5.92 Å². The number of carbonyl (C=O) groups excluding carboxylic acids is 1. The highest BCUT2D eigenvalue weighted by molar-refractivity contribution is 5.80. The highest BCUT2D eigenvalue weighted by atomic mass is 16.1. The maximum Gasteiger partial charge on any atom is 0.231 e. The van der Waals surface area contributed by atoms with Gasteiger partial charge in [-0.25, -0.2) is 0 Å². The molecule has 1 saturated heterocycles. The van der Waals surface area contributed by atoms with Gasteiger partial charge in [0.05, 0.1) is 6.54 Å². The van der Waals surface area contributed by atoms with E-state index in [1.807, 2.05) is 0 Å². The fourth-order valence-corrected chi connectivity index (χ4v) is 3.74. The van der Waals surface area contributed by atoms with Crippen LogP contribution >= 0.6 is 0 Å². The number of rotatable bonds is 7. The number of nitrogens with zero attached hydrogens (tertiary/aromatic N) is 2. The summed E-state index contributed by atoms with van der Waals surface area (Å²) in [5.74, 6) is 1.99. The monoisotopic (exact) mass is 357 g/mol. The Morgan fingerprint density at radius 1 is 1.27 bits per heavy atom. The van der Waals surface area contributed by atoms with E-state index in [1.54, 1.807) is 0 Å². The number of likely N-dealkylation sites (tertiary alicyclic amines) is 1. The van der Waals surface area contributed by atoms with Crippen LogP contribution in [0.2, 0.25) is 0 Å². The van der Waals surface area contributed by atoms with Crippen LogP contribution in [0.4, 0.5) is 0 Å². The van der Waals surface area contributed by atoms with Gasteiger partial charge < -0.3 is 16.4 Å². The van der Waals surface area contributed by atoms with Crippen LogP contribution in [0.25, 0.3) is 0 Å². The number of nitrogens with two attached hydrogens (primary N) is 1. The average molecular weight is 358 g/mol. The Morgan fingerprint density at radius 3 is 2.65 bits per heavy atom. The van der Waals surface area contributed by atoms with Gasteiger partial charge in [0.15, 0.2) is 5.96 Å². The maximum absolute atomic E-state index is 11.0. The molecular formula is C20H31N5O. The molecule has 2 aliphatic rings. The fraction of sp³-hybridized carbons (Fsp3) is 0.600. The summed E-state index contributed by atoms with van der Waals surface area (Å²) < 4.78 is 0. The van der Waals surface area contributed by atoms with Gasteiger partial charge >= 0.3 is 0 Å². The lowest BCUT2D eigenvalue weighted by Crippen LogP contribution is -2.49. The number of benzene rings is 1. The summed E-state index contributed by atoms with van der Waals surface area (Å²) >= 11 is 0.